The third-order valence-corrected chi connectivity index (χ3v) is 2.99. The summed E-state index contributed by atoms with van der Waals surface area (Å²) in [6.07, 6.45) is -0.124. The van der Waals surface area contributed by atoms with Crippen molar-refractivity contribution < 1.29 is 19.4 Å². The second-order valence-corrected chi connectivity index (χ2v) is 5.17. The Hall–Kier alpha value is -1.56. The molecule has 0 saturated heterocycles. The van der Waals surface area contributed by atoms with E-state index in [0.29, 0.717) is 10.6 Å². The van der Waals surface area contributed by atoms with E-state index < -0.39 is 11.5 Å². The van der Waals surface area contributed by atoms with Crippen LogP contribution in [-0.2, 0) is 4.79 Å². The maximum Gasteiger partial charge on any atom is 0.305 e. The molecule has 0 unspecified atom stereocenters. The molecule has 6 heteroatoms. The number of methoxy groups -OCH3 is 1. The lowest BCUT2D eigenvalue weighted by atomic mass is 10.0. The van der Waals surface area contributed by atoms with Gasteiger partial charge < -0.3 is 15.2 Å². The lowest BCUT2D eigenvalue weighted by molar-refractivity contribution is -0.138. The molecule has 0 aliphatic carbocycles. The van der Waals surface area contributed by atoms with Gasteiger partial charge in [-0.2, -0.15) is 0 Å². The van der Waals surface area contributed by atoms with Crippen molar-refractivity contribution in [1.29, 1.82) is 0 Å². The Labute approximate surface area is 103 Å². The molecule has 1 aromatic heterocycles. The Kier molecular flexibility index (Phi) is 4.11. The summed E-state index contributed by atoms with van der Waals surface area (Å²) in [4.78, 5) is 22.9. The molecule has 0 aromatic carbocycles. The molecule has 0 fully saturated rings. The van der Waals surface area contributed by atoms with Crippen molar-refractivity contribution in [2.24, 2.45) is 0 Å². The molecule has 0 saturated carbocycles. The minimum Gasteiger partial charge on any atom is -0.496 e. The highest BCUT2D eigenvalue weighted by molar-refractivity contribution is 7.12. The quantitative estimate of drug-likeness (QED) is 0.842. The molecule has 0 aliphatic rings. The summed E-state index contributed by atoms with van der Waals surface area (Å²) in [6, 6.07) is 1.62. The number of carbonyl (C=O) groups is 2. The predicted octanol–water partition coefficient (Wildman–Crippen LogP) is 1.74. The normalized spacial score (nSPS) is 11.0. The first-order valence-electron chi connectivity index (χ1n) is 5.01. The van der Waals surface area contributed by atoms with Crippen LogP contribution in [0.1, 0.15) is 29.9 Å². The first kappa shape index (κ1) is 13.5. The minimum atomic E-state index is -0.945. The molecule has 1 heterocycles. The van der Waals surface area contributed by atoms with Crippen LogP contribution >= 0.6 is 11.3 Å². The van der Waals surface area contributed by atoms with Gasteiger partial charge in [0.2, 0.25) is 0 Å². The average Bonchev–Trinajstić information content (AvgIpc) is 2.62. The number of nitrogens with one attached hydrogen (secondary N) is 1. The molecule has 1 rings (SSSR count). The largest absolute Gasteiger partial charge is 0.496 e. The van der Waals surface area contributed by atoms with Crippen molar-refractivity contribution in [3.05, 3.63) is 16.3 Å². The monoisotopic (exact) mass is 257 g/mol. The molecule has 17 heavy (non-hydrogen) atoms. The number of aliphatic carboxylic acids is 1. The van der Waals surface area contributed by atoms with Crippen LogP contribution in [0.15, 0.2) is 11.4 Å². The highest BCUT2D eigenvalue weighted by Gasteiger charge is 2.25. The van der Waals surface area contributed by atoms with Crippen molar-refractivity contribution in [2.75, 3.05) is 7.11 Å². The average molecular weight is 257 g/mol. The Morgan fingerprint density at radius 1 is 1.53 bits per heavy atom. The Balaban J connectivity index is 2.68. The molecule has 0 spiro atoms. The number of rotatable bonds is 5. The number of hydrogen-bond acceptors (Lipinski definition) is 4. The number of carbonyl (C=O) groups excluding carboxylic acids is 1. The minimum absolute atomic E-state index is 0.124. The number of carboxylic acids is 1. The Morgan fingerprint density at radius 2 is 2.18 bits per heavy atom. The van der Waals surface area contributed by atoms with Gasteiger partial charge in [-0.05, 0) is 13.8 Å². The summed E-state index contributed by atoms with van der Waals surface area (Å²) in [6.45, 7) is 3.34. The van der Waals surface area contributed by atoms with E-state index in [-0.39, 0.29) is 12.3 Å². The van der Waals surface area contributed by atoms with Crippen LogP contribution in [0.2, 0.25) is 0 Å². The third kappa shape index (κ3) is 4.07. The van der Waals surface area contributed by atoms with E-state index in [1.165, 1.54) is 18.4 Å². The number of carboxylic acid groups (broad SMARTS) is 1. The summed E-state index contributed by atoms with van der Waals surface area (Å²) in [5.41, 5.74) is -0.778. The van der Waals surface area contributed by atoms with E-state index >= 15 is 0 Å². The number of hydrogen-bond donors (Lipinski definition) is 2. The first-order valence-corrected chi connectivity index (χ1v) is 5.89. The summed E-state index contributed by atoms with van der Waals surface area (Å²) in [5.74, 6) is -0.611. The van der Waals surface area contributed by atoms with Crippen LogP contribution in [0.3, 0.4) is 0 Å². The summed E-state index contributed by atoms with van der Waals surface area (Å²) < 4.78 is 4.98. The van der Waals surface area contributed by atoms with Gasteiger partial charge in [0.05, 0.1) is 18.4 Å². The summed E-state index contributed by atoms with van der Waals surface area (Å²) >= 11 is 1.26. The molecular formula is C11H15NO4S. The topological polar surface area (TPSA) is 75.6 Å². The second kappa shape index (κ2) is 5.18. The second-order valence-electron chi connectivity index (χ2n) is 4.26. The van der Waals surface area contributed by atoms with Crippen molar-refractivity contribution >= 4 is 23.2 Å². The van der Waals surface area contributed by atoms with E-state index in [1.54, 1.807) is 25.3 Å². The fourth-order valence-electron chi connectivity index (χ4n) is 1.34. The SMILES string of the molecule is COc1csc(C(=O)NC(C)(C)CC(=O)O)c1. The van der Waals surface area contributed by atoms with Gasteiger partial charge in [0.1, 0.15) is 5.75 Å². The lowest BCUT2D eigenvalue weighted by Crippen LogP contribution is -2.44. The molecule has 1 aromatic rings. The van der Waals surface area contributed by atoms with Crippen molar-refractivity contribution in [2.45, 2.75) is 25.8 Å². The van der Waals surface area contributed by atoms with Crippen molar-refractivity contribution in [3.8, 4) is 5.75 Å². The zero-order chi connectivity index (χ0) is 13.1. The van der Waals surface area contributed by atoms with E-state index in [9.17, 15) is 9.59 Å². The first-order chi connectivity index (χ1) is 7.84. The zero-order valence-electron chi connectivity index (χ0n) is 9.94. The van der Waals surface area contributed by atoms with Crippen molar-refractivity contribution in [3.63, 3.8) is 0 Å². The molecule has 0 aliphatic heterocycles. The number of thiophene rings is 1. The van der Waals surface area contributed by atoms with E-state index in [2.05, 4.69) is 5.32 Å². The molecule has 5 nitrogen and oxygen atoms in total. The van der Waals surface area contributed by atoms with E-state index in [1.807, 2.05) is 0 Å². The molecule has 0 radical (unpaired) electrons. The third-order valence-electron chi connectivity index (χ3n) is 2.08. The lowest BCUT2D eigenvalue weighted by Gasteiger charge is -2.23. The van der Waals surface area contributed by atoms with Crippen molar-refractivity contribution in [1.82, 2.24) is 5.32 Å². The van der Waals surface area contributed by atoms with Gasteiger partial charge in [0, 0.05) is 17.0 Å². The van der Waals surface area contributed by atoms with Gasteiger partial charge in [-0.3, -0.25) is 9.59 Å². The Morgan fingerprint density at radius 3 is 2.65 bits per heavy atom. The molecular weight excluding hydrogens is 242 g/mol. The zero-order valence-corrected chi connectivity index (χ0v) is 10.8. The molecule has 0 atom stereocenters. The van der Waals surface area contributed by atoms with Crippen LogP contribution in [0, 0.1) is 0 Å². The fraction of sp³-hybridized carbons (Fsp3) is 0.455. The van der Waals surface area contributed by atoms with E-state index in [0.717, 1.165) is 0 Å². The fourth-order valence-corrected chi connectivity index (χ4v) is 2.09. The van der Waals surface area contributed by atoms with Gasteiger partial charge in [-0.15, -0.1) is 11.3 Å². The van der Waals surface area contributed by atoms with E-state index in [4.69, 9.17) is 9.84 Å². The molecule has 0 bridgehead atoms. The molecule has 94 valence electrons. The van der Waals surface area contributed by atoms with Gasteiger partial charge in [0.15, 0.2) is 0 Å². The van der Waals surface area contributed by atoms with Crippen LogP contribution in [0.4, 0.5) is 0 Å². The van der Waals surface area contributed by atoms with Crippen LogP contribution in [0.5, 0.6) is 5.75 Å². The van der Waals surface area contributed by atoms with Gasteiger partial charge >= 0.3 is 5.97 Å². The maximum absolute atomic E-state index is 11.8. The molecule has 1 amide bonds. The predicted molar refractivity (Wildman–Crippen MR) is 64.7 cm³/mol. The highest BCUT2D eigenvalue weighted by Crippen LogP contribution is 2.22. The highest BCUT2D eigenvalue weighted by atomic mass is 32.1. The van der Waals surface area contributed by atoms with Crippen LogP contribution in [0.25, 0.3) is 0 Å². The van der Waals surface area contributed by atoms with Crippen LogP contribution in [-0.4, -0.2) is 29.6 Å². The standard InChI is InChI=1S/C11H15NO4S/c1-11(2,5-9(13)14)12-10(15)8-4-7(16-3)6-17-8/h4,6H,5H2,1-3H3,(H,12,15)(H,13,14). The smallest absolute Gasteiger partial charge is 0.305 e. The number of amides is 1. The van der Waals surface area contributed by atoms with Gasteiger partial charge in [-0.1, -0.05) is 0 Å². The van der Waals surface area contributed by atoms with Gasteiger partial charge in [0.25, 0.3) is 5.91 Å². The van der Waals surface area contributed by atoms with Gasteiger partial charge in [-0.25, -0.2) is 0 Å². The summed E-state index contributed by atoms with van der Waals surface area (Å²) in [7, 11) is 1.53. The number of ether oxygens (including phenoxy) is 1. The summed E-state index contributed by atoms with van der Waals surface area (Å²) in [5, 5.41) is 13.1. The molecule has 2 N–H and O–H groups in total. The maximum atomic E-state index is 11.8. The Bertz CT molecular complexity index is 425. The van der Waals surface area contributed by atoms with Crippen LogP contribution < -0.4 is 10.1 Å².